The Hall–Kier alpha value is -2.62. The summed E-state index contributed by atoms with van der Waals surface area (Å²) in [6.45, 7) is 1.24. The molecule has 0 radical (unpaired) electrons. The molecule has 0 saturated carbocycles. The largest absolute Gasteiger partial charge is 0.356 e. The standard InChI is InChI=1S/C21H24N2O2/c24-20(13-7-10-17-8-3-1-4-9-17)22-15-18-14-21(25)23(16-18)19-11-5-2-6-12-19/h1-6,8-9,11-12,18H,7,10,13-16H2,(H,22,24). The predicted octanol–water partition coefficient (Wildman–Crippen LogP) is 3.18. The van der Waals surface area contributed by atoms with Gasteiger partial charge in [0.1, 0.15) is 0 Å². The molecule has 0 aliphatic carbocycles. The fourth-order valence-electron chi connectivity index (χ4n) is 3.22. The fraction of sp³-hybridized carbons (Fsp3) is 0.333. The molecule has 1 unspecified atom stereocenters. The van der Waals surface area contributed by atoms with E-state index >= 15 is 0 Å². The number of hydrogen-bond donors (Lipinski definition) is 1. The number of anilines is 1. The molecular formula is C21H24N2O2. The van der Waals surface area contributed by atoms with Crippen molar-refractivity contribution in [3.05, 3.63) is 66.2 Å². The average Bonchev–Trinajstić information content (AvgIpc) is 3.02. The second-order valence-electron chi connectivity index (χ2n) is 6.55. The van der Waals surface area contributed by atoms with Crippen LogP contribution in [0.3, 0.4) is 0 Å². The highest BCUT2D eigenvalue weighted by Gasteiger charge is 2.30. The lowest BCUT2D eigenvalue weighted by Gasteiger charge is -2.16. The SMILES string of the molecule is O=C(CCCc1ccccc1)NCC1CC(=O)N(c2ccccc2)C1. The second-order valence-corrected chi connectivity index (χ2v) is 6.55. The first-order chi connectivity index (χ1) is 12.2. The topological polar surface area (TPSA) is 49.4 Å². The lowest BCUT2D eigenvalue weighted by molar-refractivity contribution is -0.121. The first kappa shape index (κ1) is 17.2. The maximum absolute atomic E-state index is 12.2. The third-order valence-corrected chi connectivity index (χ3v) is 4.57. The highest BCUT2D eigenvalue weighted by Crippen LogP contribution is 2.24. The van der Waals surface area contributed by atoms with Crippen LogP contribution in [0.5, 0.6) is 0 Å². The van der Waals surface area contributed by atoms with Crippen LogP contribution in [0, 0.1) is 5.92 Å². The highest BCUT2D eigenvalue weighted by atomic mass is 16.2. The molecule has 2 aromatic rings. The third-order valence-electron chi connectivity index (χ3n) is 4.57. The Morgan fingerprint density at radius 1 is 1.04 bits per heavy atom. The van der Waals surface area contributed by atoms with E-state index in [2.05, 4.69) is 17.4 Å². The minimum atomic E-state index is 0.0709. The van der Waals surface area contributed by atoms with Crippen LogP contribution in [0.1, 0.15) is 24.8 Å². The lowest BCUT2D eigenvalue weighted by Crippen LogP contribution is -2.31. The fourth-order valence-corrected chi connectivity index (χ4v) is 3.22. The van der Waals surface area contributed by atoms with Gasteiger partial charge in [0.05, 0.1) is 0 Å². The van der Waals surface area contributed by atoms with Gasteiger partial charge in [-0.25, -0.2) is 0 Å². The van der Waals surface area contributed by atoms with E-state index < -0.39 is 0 Å². The number of rotatable bonds is 7. The summed E-state index contributed by atoms with van der Waals surface area (Å²) in [6.07, 6.45) is 2.78. The van der Waals surface area contributed by atoms with Crippen molar-refractivity contribution >= 4 is 17.5 Å². The van der Waals surface area contributed by atoms with E-state index in [1.54, 1.807) is 0 Å². The van der Waals surface area contributed by atoms with Crippen LogP contribution in [-0.4, -0.2) is 24.9 Å². The molecule has 1 saturated heterocycles. The minimum Gasteiger partial charge on any atom is -0.356 e. The number of nitrogens with one attached hydrogen (secondary N) is 1. The van der Waals surface area contributed by atoms with E-state index in [-0.39, 0.29) is 17.7 Å². The monoisotopic (exact) mass is 336 g/mol. The molecule has 1 heterocycles. The van der Waals surface area contributed by atoms with Gasteiger partial charge >= 0.3 is 0 Å². The van der Waals surface area contributed by atoms with Crippen LogP contribution in [0.25, 0.3) is 0 Å². The summed E-state index contributed by atoms with van der Waals surface area (Å²) < 4.78 is 0. The second kappa shape index (κ2) is 8.47. The summed E-state index contributed by atoms with van der Waals surface area (Å²) in [6, 6.07) is 19.9. The third kappa shape index (κ3) is 4.92. The van der Waals surface area contributed by atoms with Gasteiger partial charge in [0.2, 0.25) is 11.8 Å². The summed E-state index contributed by atoms with van der Waals surface area (Å²) in [5, 5.41) is 2.99. The lowest BCUT2D eigenvalue weighted by atomic mass is 10.1. The molecule has 3 rings (SSSR count). The van der Waals surface area contributed by atoms with Crippen molar-refractivity contribution in [1.82, 2.24) is 5.32 Å². The van der Waals surface area contributed by atoms with Gasteiger partial charge in [-0.2, -0.15) is 0 Å². The molecule has 25 heavy (non-hydrogen) atoms. The first-order valence-corrected chi connectivity index (χ1v) is 8.88. The maximum atomic E-state index is 12.2. The van der Waals surface area contributed by atoms with E-state index in [0.29, 0.717) is 25.9 Å². The van der Waals surface area contributed by atoms with Gasteiger partial charge in [-0.1, -0.05) is 48.5 Å². The van der Waals surface area contributed by atoms with Crippen molar-refractivity contribution in [2.24, 2.45) is 5.92 Å². The van der Waals surface area contributed by atoms with E-state index in [1.807, 2.05) is 53.4 Å². The van der Waals surface area contributed by atoms with Crippen LogP contribution >= 0.6 is 0 Å². The van der Waals surface area contributed by atoms with Crippen LogP contribution in [0.2, 0.25) is 0 Å². The quantitative estimate of drug-likeness (QED) is 0.844. The Morgan fingerprint density at radius 3 is 2.44 bits per heavy atom. The number of amides is 2. The van der Waals surface area contributed by atoms with Gasteiger partial charge in [-0.05, 0) is 30.5 Å². The predicted molar refractivity (Wildman–Crippen MR) is 99.3 cm³/mol. The zero-order chi connectivity index (χ0) is 17.5. The van der Waals surface area contributed by atoms with Crippen molar-refractivity contribution < 1.29 is 9.59 Å². The average molecular weight is 336 g/mol. The number of nitrogens with zero attached hydrogens (tertiary/aromatic N) is 1. The number of carbonyl (C=O) groups is 2. The molecule has 1 aliphatic rings. The summed E-state index contributed by atoms with van der Waals surface area (Å²) in [4.78, 5) is 26.0. The Morgan fingerprint density at radius 2 is 1.72 bits per heavy atom. The van der Waals surface area contributed by atoms with E-state index in [9.17, 15) is 9.59 Å². The molecule has 1 aliphatic heterocycles. The van der Waals surface area contributed by atoms with Crippen LogP contribution in [0.4, 0.5) is 5.69 Å². The van der Waals surface area contributed by atoms with Crippen molar-refractivity contribution in [1.29, 1.82) is 0 Å². The maximum Gasteiger partial charge on any atom is 0.227 e. The van der Waals surface area contributed by atoms with E-state index in [1.165, 1.54) is 5.56 Å². The number of hydrogen-bond acceptors (Lipinski definition) is 2. The molecule has 0 spiro atoms. The molecule has 0 bridgehead atoms. The van der Waals surface area contributed by atoms with Gasteiger partial charge in [0.25, 0.3) is 0 Å². The molecule has 0 aromatic heterocycles. The number of carbonyl (C=O) groups excluding carboxylic acids is 2. The molecule has 1 N–H and O–H groups in total. The van der Waals surface area contributed by atoms with E-state index in [0.717, 1.165) is 18.5 Å². The van der Waals surface area contributed by atoms with Crippen molar-refractivity contribution in [2.45, 2.75) is 25.7 Å². The zero-order valence-corrected chi connectivity index (χ0v) is 14.4. The Bertz CT molecular complexity index is 700. The van der Waals surface area contributed by atoms with Crippen molar-refractivity contribution in [2.75, 3.05) is 18.0 Å². The van der Waals surface area contributed by atoms with Gasteiger partial charge in [0.15, 0.2) is 0 Å². The molecule has 4 heteroatoms. The first-order valence-electron chi connectivity index (χ1n) is 8.88. The van der Waals surface area contributed by atoms with E-state index in [4.69, 9.17) is 0 Å². The van der Waals surface area contributed by atoms with Gasteiger partial charge in [-0.15, -0.1) is 0 Å². The van der Waals surface area contributed by atoms with Crippen LogP contribution in [0.15, 0.2) is 60.7 Å². The molecule has 1 atom stereocenters. The normalized spacial score (nSPS) is 16.9. The number of benzene rings is 2. The minimum absolute atomic E-state index is 0.0709. The number of aryl methyl sites for hydroxylation is 1. The summed E-state index contributed by atoms with van der Waals surface area (Å²) in [5.74, 6) is 0.391. The zero-order valence-electron chi connectivity index (χ0n) is 14.4. The molecule has 130 valence electrons. The van der Waals surface area contributed by atoms with Gasteiger partial charge in [0, 0.05) is 37.5 Å². The van der Waals surface area contributed by atoms with Gasteiger partial charge in [-0.3, -0.25) is 9.59 Å². The molecule has 2 aromatic carbocycles. The van der Waals surface area contributed by atoms with Crippen molar-refractivity contribution in [3.63, 3.8) is 0 Å². The molecular weight excluding hydrogens is 312 g/mol. The highest BCUT2D eigenvalue weighted by molar-refractivity contribution is 5.95. The summed E-state index contributed by atoms with van der Waals surface area (Å²) in [5.41, 5.74) is 2.19. The summed E-state index contributed by atoms with van der Waals surface area (Å²) >= 11 is 0. The van der Waals surface area contributed by atoms with Crippen LogP contribution in [-0.2, 0) is 16.0 Å². The van der Waals surface area contributed by atoms with Crippen LogP contribution < -0.4 is 10.2 Å². The van der Waals surface area contributed by atoms with Gasteiger partial charge < -0.3 is 10.2 Å². The molecule has 4 nitrogen and oxygen atoms in total. The molecule has 1 fully saturated rings. The Labute approximate surface area is 148 Å². The van der Waals surface area contributed by atoms with Crippen molar-refractivity contribution in [3.8, 4) is 0 Å². The number of para-hydroxylation sites is 1. The Kier molecular flexibility index (Phi) is 5.83. The molecule has 2 amide bonds. The Balaban J connectivity index is 1.39. The smallest absolute Gasteiger partial charge is 0.227 e. The summed E-state index contributed by atoms with van der Waals surface area (Å²) in [7, 11) is 0.